The SMILES string of the molecule is CNC(=O)[C@@H](NCC(=O)[C@@H](N)CCC(=O)OC)C(C)C. The number of carbonyl (C=O) groups is 3. The van der Waals surface area contributed by atoms with Gasteiger partial charge in [0.05, 0.1) is 25.7 Å². The largest absolute Gasteiger partial charge is 0.469 e. The number of carbonyl (C=O) groups excluding carboxylic acids is 3. The number of likely N-dealkylation sites (N-methyl/N-ethyl adjacent to an activating group) is 1. The molecule has 0 aromatic carbocycles. The van der Waals surface area contributed by atoms with Gasteiger partial charge in [0, 0.05) is 13.5 Å². The van der Waals surface area contributed by atoms with E-state index < -0.39 is 18.1 Å². The number of ketones is 1. The van der Waals surface area contributed by atoms with Crippen molar-refractivity contribution >= 4 is 17.7 Å². The van der Waals surface area contributed by atoms with E-state index in [2.05, 4.69) is 15.4 Å². The van der Waals surface area contributed by atoms with Crippen molar-refractivity contribution in [2.45, 2.75) is 38.8 Å². The molecule has 0 spiro atoms. The van der Waals surface area contributed by atoms with Gasteiger partial charge in [-0.2, -0.15) is 0 Å². The molecule has 20 heavy (non-hydrogen) atoms. The Bertz CT molecular complexity index is 345. The predicted molar refractivity (Wildman–Crippen MR) is 74.9 cm³/mol. The smallest absolute Gasteiger partial charge is 0.305 e. The lowest BCUT2D eigenvalue weighted by Gasteiger charge is -2.21. The number of esters is 1. The Morgan fingerprint density at radius 2 is 1.85 bits per heavy atom. The summed E-state index contributed by atoms with van der Waals surface area (Å²) >= 11 is 0. The number of methoxy groups -OCH3 is 1. The van der Waals surface area contributed by atoms with Crippen molar-refractivity contribution in [2.24, 2.45) is 11.7 Å². The van der Waals surface area contributed by atoms with Crippen LogP contribution >= 0.6 is 0 Å². The van der Waals surface area contributed by atoms with Crippen LogP contribution in [0.4, 0.5) is 0 Å². The minimum absolute atomic E-state index is 0.00138. The van der Waals surface area contributed by atoms with E-state index in [-0.39, 0.29) is 37.0 Å². The Morgan fingerprint density at radius 3 is 2.30 bits per heavy atom. The van der Waals surface area contributed by atoms with Crippen LogP contribution < -0.4 is 16.4 Å². The Labute approximate surface area is 119 Å². The molecule has 4 N–H and O–H groups in total. The summed E-state index contributed by atoms with van der Waals surface area (Å²) in [5, 5.41) is 5.44. The van der Waals surface area contributed by atoms with Crippen molar-refractivity contribution in [3.05, 3.63) is 0 Å². The maximum atomic E-state index is 11.8. The first kappa shape index (κ1) is 18.5. The molecule has 0 heterocycles. The number of nitrogens with two attached hydrogens (primary N) is 1. The molecule has 0 fully saturated rings. The summed E-state index contributed by atoms with van der Waals surface area (Å²) in [6.45, 7) is 3.77. The van der Waals surface area contributed by atoms with Crippen LogP contribution in [-0.2, 0) is 19.1 Å². The minimum Gasteiger partial charge on any atom is -0.469 e. The zero-order valence-corrected chi connectivity index (χ0v) is 12.6. The van der Waals surface area contributed by atoms with Crippen LogP contribution in [0.25, 0.3) is 0 Å². The average molecular weight is 287 g/mol. The highest BCUT2D eigenvalue weighted by Crippen LogP contribution is 2.02. The minimum atomic E-state index is -0.737. The third kappa shape index (κ3) is 6.63. The van der Waals surface area contributed by atoms with Gasteiger partial charge in [0.1, 0.15) is 0 Å². The molecule has 0 aromatic rings. The van der Waals surface area contributed by atoms with E-state index in [4.69, 9.17) is 5.73 Å². The maximum absolute atomic E-state index is 11.8. The van der Waals surface area contributed by atoms with Gasteiger partial charge in [0.25, 0.3) is 0 Å². The third-order valence-electron chi connectivity index (χ3n) is 2.99. The molecule has 0 rings (SSSR count). The second-order valence-electron chi connectivity index (χ2n) is 4.90. The highest BCUT2D eigenvalue weighted by atomic mass is 16.5. The maximum Gasteiger partial charge on any atom is 0.305 e. The number of amides is 1. The fourth-order valence-electron chi connectivity index (χ4n) is 1.66. The standard InChI is InChI=1S/C13H25N3O4/c1-8(2)12(13(19)15-3)16-7-10(17)9(14)5-6-11(18)20-4/h8-9,12,16H,5-7,14H2,1-4H3,(H,15,19)/t9-,12-/m0/s1. The Hall–Kier alpha value is -1.47. The molecule has 116 valence electrons. The fourth-order valence-corrected chi connectivity index (χ4v) is 1.66. The van der Waals surface area contributed by atoms with Crippen molar-refractivity contribution in [1.29, 1.82) is 0 Å². The number of ether oxygens (including phenoxy) is 1. The van der Waals surface area contributed by atoms with Crippen LogP contribution in [0.1, 0.15) is 26.7 Å². The van der Waals surface area contributed by atoms with Gasteiger partial charge in [0.15, 0.2) is 5.78 Å². The van der Waals surface area contributed by atoms with Crippen molar-refractivity contribution in [3.8, 4) is 0 Å². The quantitative estimate of drug-likeness (QED) is 0.479. The molecule has 7 nitrogen and oxygen atoms in total. The summed E-state index contributed by atoms with van der Waals surface area (Å²) in [7, 11) is 2.83. The number of nitrogens with one attached hydrogen (secondary N) is 2. The van der Waals surface area contributed by atoms with Gasteiger partial charge < -0.3 is 15.8 Å². The Kier molecular flexibility index (Phi) is 8.74. The lowest BCUT2D eigenvalue weighted by atomic mass is 10.0. The molecule has 0 unspecified atom stereocenters. The highest BCUT2D eigenvalue weighted by molar-refractivity contribution is 5.87. The van der Waals surface area contributed by atoms with Crippen molar-refractivity contribution in [1.82, 2.24) is 10.6 Å². The van der Waals surface area contributed by atoms with Crippen molar-refractivity contribution < 1.29 is 19.1 Å². The van der Waals surface area contributed by atoms with Gasteiger partial charge in [-0.05, 0) is 12.3 Å². The van der Waals surface area contributed by atoms with E-state index in [1.807, 2.05) is 13.8 Å². The van der Waals surface area contributed by atoms with Crippen molar-refractivity contribution in [3.63, 3.8) is 0 Å². The van der Waals surface area contributed by atoms with Crippen LogP contribution in [0.2, 0.25) is 0 Å². The van der Waals surface area contributed by atoms with E-state index in [0.717, 1.165) is 0 Å². The highest BCUT2D eigenvalue weighted by Gasteiger charge is 2.23. The summed E-state index contributed by atoms with van der Waals surface area (Å²) in [5.41, 5.74) is 5.69. The monoisotopic (exact) mass is 287 g/mol. The molecule has 0 aromatic heterocycles. The van der Waals surface area contributed by atoms with Crippen LogP contribution in [0.5, 0.6) is 0 Å². The summed E-state index contributed by atoms with van der Waals surface area (Å²) in [5.74, 6) is -0.750. The average Bonchev–Trinajstić information content (AvgIpc) is 2.43. The molecule has 1 amide bonds. The van der Waals surface area contributed by atoms with Crippen LogP contribution in [0.15, 0.2) is 0 Å². The van der Waals surface area contributed by atoms with E-state index in [9.17, 15) is 14.4 Å². The van der Waals surface area contributed by atoms with Crippen LogP contribution in [-0.4, -0.2) is 50.4 Å². The normalized spacial score (nSPS) is 13.7. The number of hydrogen-bond donors (Lipinski definition) is 3. The van der Waals surface area contributed by atoms with Gasteiger partial charge in [0.2, 0.25) is 5.91 Å². The topological polar surface area (TPSA) is 111 Å². The summed E-state index contributed by atoms with van der Waals surface area (Å²) in [6.07, 6.45) is 0.339. The first-order valence-corrected chi connectivity index (χ1v) is 6.63. The predicted octanol–water partition coefficient (Wildman–Crippen LogP) is -0.804. The van der Waals surface area contributed by atoms with E-state index in [1.54, 1.807) is 7.05 Å². The molecule has 0 saturated heterocycles. The first-order chi connectivity index (χ1) is 9.33. The van der Waals surface area contributed by atoms with Gasteiger partial charge in [-0.1, -0.05) is 13.8 Å². The molecule has 0 aliphatic rings. The molecular weight excluding hydrogens is 262 g/mol. The summed E-state index contributed by atoms with van der Waals surface area (Å²) in [6, 6.07) is -1.18. The van der Waals surface area contributed by atoms with Gasteiger partial charge >= 0.3 is 5.97 Å². The molecule has 2 atom stereocenters. The first-order valence-electron chi connectivity index (χ1n) is 6.63. The third-order valence-corrected chi connectivity index (χ3v) is 2.99. The van der Waals surface area contributed by atoms with Gasteiger partial charge in [-0.25, -0.2) is 0 Å². The van der Waals surface area contributed by atoms with Crippen LogP contribution in [0.3, 0.4) is 0 Å². The molecule has 7 heteroatoms. The molecule has 0 aliphatic heterocycles. The van der Waals surface area contributed by atoms with Crippen LogP contribution in [0, 0.1) is 5.92 Å². The Morgan fingerprint density at radius 1 is 1.25 bits per heavy atom. The number of hydrogen-bond acceptors (Lipinski definition) is 6. The lowest BCUT2D eigenvalue weighted by Crippen LogP contribution is -2.50. The van der Waals surface area contributed by atoms with E-state index in [1.165, 1.54) is 7.11 Å². The second kappa shape index (κ2) is 9.44. The fraction of sp³-hybridized carbons (Fsp3) is 0.769. The van der Waals surface area contributed by atoms with E-state index in [0.29, 0.717) is 0 Å². The molecular formula is C13H25N3O4. The second-order valence-corrected chi connectivity index (χ2v) is 4.90. The number of rotatable bonds is 9. The molecule has 0 saturated carbocycles. The van der Waals surface area contributed by atoms with Crippen molar-refractivity contribution in [2.75, 3.05) is 20.7 Å². The molecule has 0 aliphatic carbocycles. The summed E-state index contributed by atoms with van der Waals surface area (Å²) < 4.78 is 4.48. The Balaban J connectivity index is 4.24. The molecule has 0 radical (unpaired) electrons. The lowest BCUT2D eigenvalue weighted by molar-refractivity contribution is -0.140. The summed E-state index contributed by atoms with van der Waals surface area (Å²) in [4.78, 5) is 34.4. The van der Waals surface area contributed by atoms with E-state index >= 15 is 0 Å². The zero-order chi connectivity index (χ0) is 15.7. The van der Waals surface area contributed by atoms with Gasteiger partial charge in [-0.15, -0.1) is 0 Å². The zero-order valence-electron chi connectivity index (χ0n) is 12.6. The van der Waals surface area contributed by atoms with Gasteiger partial charge in [-0.3, -0.25) is 19.7 Å². The number of Topliss-reactive ketones (excluding diaryl/α,β-unsaturated/α-hetero) is 1. The molecule has 0 bridgehead atoms.